The van der Waals surface area contributed by atoms with Crippen LogP contribution in [0.3, 0.4) is 0 Å². The van der Waals surface area contributed by atoms with E-state index in [0.29, 0.717) is 16.6 Å². The highest BCUT2D eigenvalue weighted by atomic mass is 32.2. The molecule has 1 aliphatic rings. The predicted octanol–water partition coefficient (Wildman–Crippen LogP) is 1.26. The molecule has 0 amide bonds. The maximum Gasteiger partial charge on any atom is 0.223 e. The molecule has 36 heavy (non-hydrogen) atoms. The lowest BCUT2D eigenvalue weighted by Crippen LogP contribution is -2.43. The van der Waals surface area contributed by atoms with Crippen LogP contribution < -0.4 is 15.4 Å². The lowest BCUT2D eigenvalue weighted by atomic mass is 10.1. The fourth-order valence-electron chi connectivity index (χ4n) is 4.48. The summed E-state index contributed by atoms with van der Waals surface area (Å²) in [5.41, 5.74) is 7.15. The van der Waals surface area contributed by atoms with Gasteiger partial charge in [-0.05, 0) is 26.8 Å². The monoisotopic (exact) mass is 518 g/mol. The van der Waals surface area contributed by atoms with Gasteiger partial charge >= 0.3 is 0 Å². The Kier molecular flexibility index (Phi) is 5.55. The normalized spacial score (nSPS) is 18.3. The molecule has 0 bridgehead atoms. The Morgan fingerprint density at radius 1 is 1.28 bits per heavy atom. The van der Waals surface area contributed by atoms with Gasteiger partial charge in [0.25, 0.3) is 0 Å². The molecular formula is C22H27FN8O4S. The first-order chi connectivity index (χ1) is 16.9. The number of hydrogen-bond acceptors (Lipinski definition) is 10. The Balaban J connectivity index is 1.55. The smallest absolute Gasteiger partial charge is 0.223 e. The van der Waals surface area contributed by atoms with E-state index in [2.05, 4.69) is 20.2 Å². The van der Waals surface area contributed by atoms with Crippen molar-refractivity contribution in [1.82, 2.24) is 29.4 Å². The zero-order valence-corrected chi connectivity index (χ0v) is 21.1. The van der Waals surface area contributed by atoms with Crippen LogP contribution in [0.4, 0.5) is 16.0 Å². The summed E-state index contributed by atoms with van der Waals surface area (Å²) in [4.78, 5) is 10.7. The van der Waals surface area contributed by atoms with Crippen molar-refractivity contribution in [3.8, 4) is 5.75 Å². The van der Waals surface area contributed by atoms with Crippen LogP contribution in [0.15, 0.2) is 18.3 Å². The summed E-state index contributed by atoms with van der Waals surface area (Å²) in [7, 11) is -2.24. The molecule has 3 N–H and O–H groups in total. The third kappa shape index (κ3) is 4.19. The number of halogens is 1. The van der Waals surface area contributed by atoms with Crippen LogP contribution in [0, 0.1) is 12.7 Å². The number of ether oxygens (including phenoxy) is 1. The van der Waals surface area contributed by atoms with Crippen LogP contribution >= 0.6 is 0 Å². The number of aromatic nitrogens is 6. The van der Waals surface area contributed by atoms with E-state index in [1.54, 1.807) is 24.7 Å². The number of fused-ring (bicyclic) bond motifs is 3. The second-order valence-corrected chi connectivity index (χ2v) is 11.9. The van der Waals surface area contributed by atoms with Gasteiger partial charge in [0.2, 0.25) is 5.95 Å². The molecule has 4 heterocycles. The van der Waals surface area contributed by atoms with E-state index >= 15 is 0 Å². The maximum atomic E-state index is 14.4. The Morgan fingerprint density at radius 2 is 2.03 bits per heavy atom. The van der Waals surface area contributed by atoms with E-state index < -0.39 is 26.5 Å². The van der Waals surface area contributed by atoms with Crippen LogP contribution in [0.2, 0.25) is 0 Å². The van der Waals surface area contributed by atoms with Gasteiger partial charge in [0, 0.05) is 30.7 Å². The summed E-state index contributed by atoms with van der Waals surface area (Å²) >= 11 is 0. The van der Waals surface area contributed by atoms with Gasteiger partial charge in [0.1, 0.15) is 5.25 Å². The molecule has 4 aromatic rings. The molecule has 1 aromatic carbocycles. The molecule has 1 saturated heterocycles. The topological polar surface area (TPSA) is 154 Å². The molecular weight excluding hydrogens is 491 g/mol. The summed E-state index contributed by atoms with van der Waals surface area (Å²) in [6.07, 6.45) is 1.80. The maximum absolute atomic E-state index is 14.4. The van der Waals surface area contributed by atoms with E-state index in [1.807, 2.05) is 11.8 Å². The van der Waals surface area contributed by atoms with E-state index in [0.717, 1.165) is 5.69 Å². The second kappa shape index (κ2) is 8.27. The molecule has 0 aliphatic carbocycles. The molecule has 1 atom stereocenters. The Labute approximate surface area is 206 Å². The third-order valence-corrected chi connectivity index (χ3v) is 8.13. The van der Waals surface area contributed by atoms with Crippen molar-refractivity contribution in [2.75, 3.05) is 36.6 Å². The SMILES string of the molecule is COc1cc2nc(N)n3nc([C@H]4CN(c5cn(CC(C)(C)O)nc5C)CCS4(=O)=O)nc3c2cc1F. The minimum atomic E-state index is -3.59. The number of nitrogens with zero attached hydrogens (tertiary/aromatic N) is 7. The van der Waals surface area contributed by atoms with Crippen molar-refractivity contribution in [3.63, 3.8) is 0 Å². The van der Waals surface area contributed by atoms with Gasteiger partial charge in [-0.25, -0.2) is 22.8 Å². The molecule has 1 aliphatic heterocycles. The van der Waals surface area contributed by atoms with Crippen molar-refractivity contribution >= 4 is 38.0 Å². The number of anilines is 2. The zero-order valence-electron chi connectivity index (χ0n) is 20.3. The van der Waals surface area contributed by atoms with Crippen LogP contribution in [-0.2, 0) is 16.4 Å². The molecule has 5 rings (SSSR count). The molecule has 1 fully saturated rings. The number of benzene rings is 1. The van der Waals surface area contributed by atoms with Crippen molar-refractivity contribution in [1.29, 1.82) is 0 Å². The number of methoxy groups -OCH3 is 1. The molecule has 0 radical (unpaired) electrons. The van der Waals surface area contributed by atoms with Gasteiger partial charge in [0.05, 0.1) is 41.9 Å². The molecule has 0 saturated carbocycles. The first-order valence-corrected chi connectivity index (χ1v) is 13.0. The molecule has 0 spiro atoms. The lowest BCUT2D eigenvalue weighted by Gasteiger charge is -2.32. The fraction of sp³-hybridized carbons (Fsp3) is 0.455. The number of sulfone groups is 1. The summed E-state index contributed by atoms with van der Waals surface area (Å²) in [5.74, 6) is -0.677. The van der Waals surface area contributed by atoms with Crippen LogP contribution in [-0.4, -0.2) is 74.4 Å². The Bertz CT molecular complexity index is 1590. The van der Waals surface area contributed by atoms with Gasteiger partial charge in [-0.3, -0.25) is 4.68 Å². The van der Waals surface area contributed by atoms with Crippen molar-refractivity contribution in [3.05, 3.63) is 35.7 Å². The molecule has 0 unspecified atom stereocenters. The van der Waals surface area contributed by atoms with E-state index in [9.17, 15) is 17.9 Å². The number of rotatable bonds is 5. The first-order valence-electron chi connectivity index (χ1n) is 11.3. The van der Waals surface area contributed by atoms with E-state index in [1.165, 1.54) is 23.8 Å². The summed E-state index contributed by atoms with van der Waals surface area (Å²) in [5, 5.41) is 18.3. The van der Waals surface area contributed by atoms with Crippen LogP contribution in [0.5, 0.6) is 5.75 Å². The average molecular weight is 519 g/mol. The largest absolute Gasteiger partial charge is 0.494 e. The molecule has 3 aromatic heterocycles. The lowest BCUT2D eigenvalue weighted by molar-refractivity contribution is 0.0577. The second-order valence-electron chi connectivity index (χ2n) is 9.59. The highest BCUT2D eigenvalue weighted by Gasteiger charge is 2.38. The third-order valence-electron chi connectivity index (χ3n) is 6.15. The highest BCUT2D eigenvalue weighted by Crippen LogP contribution is 2.33. The molecule has 12 nitrogen and oxygen atoms in total. The number of nitrogens with two attached hydrogens (primary N) is 1. The average Bonchev–Trinajstić information content (AvgIpc) is 3.37. The molecule has 14 heteroatoms. The first kappa shape index (κ1) is 24.2. The minimum Gasteiger partial charge on any atom is -0.494 e. The fourth-order valence-corrected chi connectivity index (χ4v) is 6.07. The summed E-state index contributed by atoms with van der Waals surface area (Å²) < 4.78 is 48.6. The van der Waals surface area contributed by atoms with Crippen molar-refractivity contribution in [2.45, 2.75) is 38.2 Å². The van der Waals surface area contributed by atoms with Crippen molar-refractivity contribution in [2.24, 2.45) is 0 Å². The summed E-state index contributed by atoms with van der Waals surface area (Å²) in [6, 6.07) is 2.62. The van der Waals surface area contributed by atoms with Crippen LogP contribution in [0.25, 0.3) is 16.6 Å². The van der Waals surface area contributed by atoms with Gasteiger partial charge in [-0.1, -0.05) is 0 Å². The van der Waals surface area contributed by atoms with Gasteiger partial charge < -0.3 is 20.5 Å². The summed E-state index contributed by atoms with van der Waals surface area (Å²) in [6.45, 7) is 5.88. The zero-order chi connectivity index (χ0) is 26.0. The molecule has 192 valence electrons. The number of hydrogen-bond donors (Lipinski definition) is 2. The number of aliphatic hydroxyl groups is 1. The standard InChI is InChI=1S/C22H27FN8O4S/c1-12-16(9-30(27-12)11-22(2,3)32)29-5-6-36(33,34)18(10-29)19-26-20-13-7-14(23)17(35-4)8-15(13)25-21(24)31(20)28-19/h7-9,18,32H,5-6,10-11H2,1-4H3,(H2,24,25)/t18-/m1/s1. The van der Waals surface area contributed by atoms with E-state index in [4.69, 9.17) is 10.5 Å². The van der Waals surface area contributed by atoms with Crippen LogP contribution in [0.1, 0.15) is 30.6 Å². The highest BCUT2D eigenvalue weighted by molar-refractivity contribution is 7.91. The predicted molar refractivity (Wildman–Crippen MR) is 131 cm³/mol. The number of aryl methyl sites for hydroxylation is 1. The minimum absolute atomic E-state index is 0.00416. The van der Waals surface area contributed by atoms with Crippen molar-refractivity contribution < 1.29 is 22.7 Å². The quantitative estimate of drug-likeness (QED) is 0.395. The van der Waals surface area contributed by atoms with Gasteiger partial charge in [-0.2, -0.15) is 9.61 Å². The Hall–Kier alpha value is -3.52. The van der Waals surface area contributed by atoms with Gasteiger partial charge in [0.15, 0.2) is 32.9 Å². The Morgan fingerprint density at radius 3 is 2.72 bits per heavy atom. The van der Waals surface area contributed by atoms with Gasteiger partial charge in [-0.15, -0.1) is 5.10 Å². The number of nitrogen functional groups attached to an aromatic ring is 1. The van der Waals surface area contributed by atoms with E-state index in [-0.39, 0.29) is 48.6 Å².